The van der Waals surface area contributed by atoms with Gasteiger partial charge in [-0.15, -0.1) is 11.3 Å². The number of nitrogens with zero attached hydrogens (tertiary/aromatic N) is 2. The molecule has 0 saturated carbocycles. The number of para-hydroxylation sites is 1. The third-order valence-electron chi connectivity index (χ3n) is 5.60. The maximum absolute atomic E-state index is 13.1. The van der Waals surface area contributed by atoms with Crippen LogP contribution in [-0.2, 0) is 18.4 Å². The second-order valence-corrected chi connectivity index (χ2v) is 9.78. The van der Waals surface area contributed by atoms with Gasteiger partial charge in [-0.25, -0.2) is 4.98 Å². The van der Waals surface area contributed by atoms with Gasteiger partial charge in [-0.05, 0) is 42.4 Å². The van der Waals surface area contributed by atoms with E-state index in [1.54, 1.807) is 0 Å². The first kappa shape index (κ1) is 19.8. The molecule has 5 nitrogen and oxygen atoms in total. The van der Waals surface area contributed by atoms with E-state index in [2.05, 4.69) is 26.1 Å². The van der Waals surface area contributed by atoms with E-state index in [1.807, 2.05) is 35.8 Å². The Hall–Kier alpha value is -2.47. The van der Waals surface area contributed by atoms with Crippen molar-refractivity contribution >= 4 is 33.1 Å². The molecule has 3 heterocycles. The quantitative estimate of drug-likeness (QED) is 0.645. The minimum absolute atomic E-state index is 0.00482. The van der Waals surface area contributed by atoms with Gasteiger partial charge in [0, 0.05) is 18.7 Å². The van der Waals surface area contributed by atoms with Gasteiger partial charge in [0.25, 0.3) is 11.5 Å². The molecule has 1 aromatic carbocycles. The van der Waals surface area contributed by atoms with Gasteiger partial charge in [0.1, 0.15) is 10.7 Å². The number of amides is 1. The summed E-state index contributed by atoms with van der Waals surface area (Å²) in [7, 11) is 0. The molecule has 0 atom stereocenters. The van der Waals surface area contributed by atoms with Crippen LogP contribution in [0.15, 0.2) is 29.1 Å². The molecule has 2 aromatic heterocycles. The monoisotopic (exact) mass is 409 g/mol. The van der Waals surface area contributed by atoms with Crippen molar-refractivity contribution in [3.63, 3.8) is 0 Å². The van der Waals surface area contributed by atoms with Crippen LogP contribution in [0.3, 0.4) is 0 Å². The third-order valence-corrected chi connectivity index (χ3v) is 6.79. The number of fused-ring (bicyclic) bond motifs is 2. The van der Waals surface area contributed by atoms with Crippen LogP contribution < -0.4 is 10.9 Å². The summed E-state index contributed by atoms with van der Waals surface area (Å²) in [5, 5.41) is 3.66. The molecule has 3 aromatic rings. The molecule has 1 amide bonds. The second-order valence-electron chi connectivity index (χ2n) is 8.78. The zero-order chi connectivity index (χ0) is 20.8. The topological polar surface area (TPSA) is 64.0 Å². The number of aromatic nitrogens is 2. The number of aryl methyl sites for hydroxylation is 2. The standard InChI is InChI=1S/C23H27N3O2S/c1-14-18-21(25-17-12-6-5-9-13-26(17)22(18)28)29-19(14)20(27)24-16-11-8-7-10-15(16)23(2,3)4/h7-8,10-11H,5-6,9,12-13H2,1-4H3,(H,24,27). The fraction of sp³-hybridized carbons (Fsp3) is 0.435. The van der Waals surface area contributed by atoms with E-state index in [1.165, 1.54) is 11.3 Å². The Morgan fingerprint density at radius 1 is 1.17 bits per heavy atom. The van der Waals surface area contributed by atoms with Gasteiger partial charge in [-0.2, -0.15) is 0 Å². The zero-order valence-corrected chi connectivity index (χ0v) is 18.3. The molecule has 4 rings (SSSR count). The van der Waals surface area contributed by atoms with Crippen molar-refractivity contribution in [1.29, 1.82) is 0 Å². The van der Waals surface area contributed by atoms with Crippen LogP contribution in [0.5, 0.6) is 0 Å². The number of thiophene rings is 1. The molecule has 0 fully saturated rings. The number of hydrogen-bond acceptors (Lipinski definition) is 4. The van der Waals surface area contributed by atoms with Crippen LogP contribution in [0.4, 0.5) is 5.69 Å². The number of carbonyl (C=O) groups is 1. The van der Waals surface area contributed by atoms with E-state index in [0.29, 0.717) is 21.6 Å². The highest BCUT2D eigenvalue weighted by Gasteiger charge is 2.24. The van der Waals surface area contributed by atoms with Gasteiger partial charge in [0.2, 0.25) is 0 Å². The molecule has 29 heavy (non-hydrogen) atoms. The summed E-state index contributed by atoms with van der Waals surface area (Å²) < 4.78 is 1.81. The molecular formula is C23H27N3O2S. The first-order valence-corrected chi connectivity index (χ1v) is 11.0. The molecule has 6 heteroatoms. The molecule has 0 saturated heterocycles. The van der Waals surface area contributed by atoms with Crippen LogP contribution in [0.1, 0.15) is 66.7 Å². The fourth-order valence-electron chi connectivity index (χ4n) is 4.05. The zero-order valence-electron chi connectivity index (χ0n) is 17.5. The molecular weight excluding hydrogens is 382 g/mol. The van der Waals surface area contributed by atoms with E-state index < -0.39 is 0 Å². The Balaban J connectivity index is 1.76. The lowest BCUT2D eigenvalue weighted by Crippen LogP contribution is -2.24. The van der Waals surface area contributed by atoms with Crippen molar-refractivity contribution in [2.75, 3.05) is 5.32 Å². The molecule has 1 aliphatic heterocycles. The molecule has 0 aliphatic carbocycles. The predicted molar refractivity (Wildman–Crippen MR) is 119 cm³/mol. The van der Waals surface area contributed by atoms with Crippen LogP contribution in [0, 0.1) is 6.92 Å². The summed E-state index contributed by atoms with van der Waals surface area (Å²) in [6.07, 6.45) is 4.00. The van der Waals surface area contributed by atoms with Crippen LogP contribution >= 0.6 is 11.3 Å². The van der Waals surface area contributed by atoms with Crippen molar-refractivity contribution in [1.82, 2.24) is 9.55 Å². The number of nitrogens with one attached hydrogen (secondary N) is 1. The summed E-state index contributed by atoms with van der Waals surface area (Å²) in [4.78, 5) is 32.3. The van der Waals surface area contributed by atoms with E-state index in [9.17, 15) is 9.59 Å². The Labute approximate surface area is 174 Å². The summed E-state index contributed by atoms with van der Waals surface area (Å²) in [6.45, 7) is 8.95. The van der Waals surface area contributed by atoms with Crippen molar-refractivity contribution in [3.05, 3.63) is 56.4 Å². The molecule has 0 bridgehead atoms. The molecule has 1 aliphatic rings. The maximum atomic E-state index is 13.1. The summed E-state index contributed by atoms with van der Waals surface area (Å²) in [5.41, 5.74) is 2.53. The van der Waals surface area contributed by atoms with E-state index >= 15 is 0 Å². The van der Waals surface area contributed by atoms with Crippen molar-refractivity contribution in [2.24, 2.45) is 0 Å². The summed E-state index contributed by atoms with van der Waals surface area (Å²) >= 11 is 1.32. The number of carbonyl (C=O) groups excluding carboxylic acids is 1. The molecule has 0 radical (unpaired) electrons. The lowest BCUT2D eigenvalue weighted by molar-refractivity contribution is 0.103. The summed E-state index contributed by atoms with van der Waals surface area (Å²) in [6, 6.07) is 7.88. The van der Waals surface area contributed by atoms with Gasteiger partial charge in [-0.3, -0.25) is 14.2 Å². The van der Waals surface area contributed by atoms with Gasteiger partial charge in [0.05, 0.1) is 10.3 Å². The predicted octanol–water partition coefficient (Wildman–Crippen LogP) is 5.04. The number of anilines is 1. The molecule has 0 spiro atoms. The minimum Gasteiger partial charge on any atom is -0.321 e. The minimum atomic E-state index is -0.179. The van der Waals surface area contributed by atoms with Gasteiger partial charge < -0.3 is 5.32 Å². The number of benzene rings is 1. The lowest BCUT2D eigenvalue weighted by Gasteiger charge is -2.22. The average molecular weight is 410 g/mol. The fourth-order valence-corrected chi connectivity index (χ4v) is 5.14. The van der Waals surface area contributed by atoms with Gasteiger partial charge in [-0.1, -0.05) is 45.4 Å². The Morgan fingerprint density at radius 2 is 1.93 bits per heavy atom. The lowest BCUT2D eigenvalue weighted by atomic mass is 9.86. The number of hydrogen-bond donors (Lipinski definition) is 1. The van der Waals surface area contributed by atoms with Crippen LogP contribution in [0.25, 0.3) is 10.2 Å². The first-order valence-electron chi connectivity index (χ1n) is 10.2. The van der Waals surface area contributed by atoms with Crippen molar-refractivity contribution in [3.8, 4) is 0 Å². The summed E-state index contributed by atoms with van der Waals surface area (Å²) in [5.74, 6) is 0.674. The van der Waals surface area contributed by atoms with Gasteiger partial charge in [0.15, 0.2) is 0 Å². The highest BCUT2D eigenvalue weighted by molar-refractivity contribution is 7.20. The van der Waals surface area contributed by atoms with Crippen molar-refractivity contribution in [2.45, 2.75) is 65.3 Å². The van der Waals surface area contributed by atoms with E-state index in [0.717, 1.165) is 48.3 Å². The Bertz CT molecular complexity index is 1150. The van der Waals surface area contributed by atoms with E-state index in [-0.39, 0.29) is 16.9 Å². The molecule has 0 unspecified atom stereocenters. The number of rotatable bonds is 2. The second kappa shape index (κ2) is 7.41. The Kier molecular flexibility index (Phi) is 5.07. The largest absolute Gasteiger partial charge is 0.321 e. The van der Waals surface area contributed by atoms with E-state index in [4.69, 9.17) is 4.98 Å². The normalized spacial score (nSPS) is 14.5. The maximum Gasteiger partial charge on any atom is 0.266 e. The first-order chi connectivity index (χ1) is 13.8. The Morgan fingerprint density at radius 3 is 2.69 bits per heavy atom. The van der Waals surface area contributed by atoms with Gasteiger partial charge >= 0.3 is 0 Å². The highest BCUT2D eigenvalue weighted by atomic mass is 32.1. The highest BCUT2D eigenvalue weighted by Crippen LogP contribution is 2.32. The smallest absolute Gasteiger partial charge is 0.266 e. The SMILES string of the molecule is Cc1c(C(=O)Nc2ccccc2C(C)(C)C)sc2nc3n(c(=O)c12)CCCCC3. The average Bonchev–Trinajstić information content (AvgIpc) is 2.84. The molecule has 152 valence electrons. The van der Waals surface area contributed by atoms with Crippen LogP contribution in [-0.4, -0.2) is 15.5 Å². The third kappa shape index (κ3) is 3.62. The van der Waals surface area contributed by atoms with Crippen LogP contribution in [0.2, 0.25) is 0 Å². The van der Waals surface area contributed by atoms with Crippen molar-refractivity contribution < 1.29 is 4.79 Å². The molecule has 1 N–H and O–H groups in total.